The molecule has 2 aromatic heterocycles. The molecule has 0 spiro atoms. The van der Waals surface area contributed by atoms with Gasteiger partial charge in [-0.2, -0.15) is 0 Å². The Bertz CT molecular complexity index is 1090. The van der Waals surface area contributed by atoms with Gasteiger partial charge in [0.2, 0.25) is 0 Å². The molecule has 1 N–H and O–H groups in total. The van der Waals surface area contributed by atoms with E-state index in [1.165, 1.54) is 12.1 Å². The molecule has 1 aliphatic rings. The summed E-state index contributed by atoms with van der Waals surface area (Å²) in [6, 6.07) is 7.93. The highest BCUT2D eigenvalue weighted by atomic mass is 79.9. The lowest BCUT2D eigenvalue weighted by molar-refractivity contribution is 0.0946. The second-order valence-electron chi connectivity index (χ2n) is 6.21. The van der Waals surface area contributed by atoms with Gasteiger partial charge in [-0.15, -0.1) is 0 Å². The summed E-state index contributed by atoms with van der Waals surface area (Å²) in [7, 11) is 0. The number of carbonyl (C=O) groups is 1. The van der Waals surface area contributed by atoms with Crippen molar-refractivity contribution in [3.63, 3.8) is 0 Å². The van der Waals surface area contributed by atoms with Crippen LogP contribution in [0, 0.1) is 12.4 Å². The van der Waals surface area contributed by atoms with Crippen molar-refractivity contribution in [1.29, 1.82) is 0 Å². The van der Waals surface area contributed by atoms with Crippen LogP contribution >= 0.6 is 15.9 Å². The lowest BCUT2D eigenvalue weighted by Crippen LogP contribution is -2.32. The summed E-state index contributed by atoms with van der Waals surface area (Å²) in [6.07, 6.45) is 4.07. The third-order valence-electron chi connectivity index (χ3n) is 4.63. The molecule has 1 aliphatic heterocycles. The molecule has 0 unspecified atom stereocenters. The van der Waals surface area contributed by atoms with Crippen LogP contribution in [0.5, 0.6) is 0 Å². The highest BCUT2D eigenvalue weighted by Crippen LogP contribution is 2.38. The minimum Gasteiger partial charge on any atom is -0.352 e. The van der Waals surface area contributed by atoms with Crippen LogP contribution in [0.3, 0.4) is 0 Å². The molecular formula is C20H14BrFN4O. The fraction of sp³-hybridized carbons (Fsp3) is 0.150. The molecule has 27 heavy (non-hydrogen) atoms. The smallest absolute Gasteiger partial charge is 0.253 e. The topological polar surface area (TPSA) is 51.3 Å². The fourth-order valence-corrected chi connectivity index (χ4v) is 4.17. The Morgan fingerprint density at radius 3 is 2.93 bits per heavy atom. The van der Waals surface area contributed by atoms with Gasteiger partial charge in [0.25, 0.3) is 5.91 Å². The van der Waals surface area contributed by atoms with E-state index in [4.69, 9.17) is 6.57 Å². The summed E-state index contributed by atoms with van der Waals surface area (Å²) < 4.78 is 16.2. The van der Waals surface area contributed by atoms with E-state index < -0.39 is 5.82 Å². The van der Waals surface area contributed by atoms with E-state index in [0.29, 0.717) is 30.6 Å². The maximum Gasteiger partial charge on any atom is 0.253 e. The number of pyridine rings is 1. The first-order valence-corrected chi connectivity index (χ1v) is 9.14. The van der Waals surface area contributed by atoms with Crippen molar-refractivity contribution in [2.75, 3.05) is 6.54 Å². The van der Waals surface area contributed by atoms with E-state index in [1.807, 2.05) is 16.7 Å². The van der Waals surface area contributed by atoms with Crippen LogP contribution in [0.25, 0.3) is 16.0 Å². The highest BCUT2D eigenvalue weighted by molar-refractivity contribution is 9.10. The van der Waals surface area contributed by atoms with E-state index in [9.17, 15) is 9.18 Å². The molecule has 0 saturated heterocycles. The van der Waals surface area contributed by atoms with Crippen molar-refractivity contribution in [3.8, 4) is 11.1 Å². The van der Waals surface area contributed by atoms with Crippen molar-refractivity contribution < 1.29 is 9.18 Å². The van der Waals surface area contributed by atoms with Crippen LogP contribution in [0.2, 0.25) is 0 Å². The molecule has 0 bridgehead atoms. The first-order chi connectivity index (χ1) is 13.1. The monoisotopic (exact) mass is 424 g/mol. The van der Waals surface area contributed by atoms with Gasteiger partial charge in [-0.25, -0.2) is 9.24 Å². The number of rotatable bonds is 3. The summed E-state index contributed by atoms with van der Waals surface area (Å²) in [5, 5.41) is 2.89. The number of halogens is 2. The van der Waals surface area contributed by atoms with Crippen molar-refractivity contribution in [2.24, 2.45) is 0 Å². The lowest BCUT2D eigenvalue weighted by Gasteiger charge is -2.17. The van der Waals surface area contributed by atoms with Crippen molar-refractivity contribution in [3.05, 3.63) is 81.4 Å². The first-order valence-electron chi connectivity index (χ1n) is 8.35. The van der Waals surface area contributed by atoms with Crippen molar-refractivity contribution in [1.82, 2.24) is 14.9 Å². The number of aromatic nitrogens is 2. The number of amides is 1. The molecule has 134 valence electrons. The predicted octanol–water partition coefficient (Wildman–Crippen LogP) is 4.34. The van der Waals surface area contributed by atoms with Crippen LogP contribution in [-0.4, -0.2) is 22.0 Å². The maximum atomic E-state index is 13.5. The normalized spacial score (nSPS) is 13.0. The number of nitrogens with one attached hydrogen (secondary N) is 1. The first kappa shape index (κ1) is 17.4. The molecule has 0 radical (unpaired) electrons. The molecule has 0 aliphatic carbocycles. The summed E-state index contributed by atoms with van der Waals surface area (Å²) in [4.78, 5) is 20.2. The number of benzene rings is 1. The van der Waals surface area contributed by atoms with Gasteiger partial charge in [-0.3, -0.25) is 9.78 Å². The third-order valence-corrected chi connectivity index (χ3v) is 5.45. The molecule has 1 aromatic carbocycles. The van der Waals surface area contributed by atoms with Crippen LogP contribution < -0.4 is 5.32 Å². The van der Waals surface area contributed by atoms with Gasteiger partial charge < -0.3 is 9.88 Å². The Hall–Kier alpha value is -2.98. The summed E-state index contributed by atoms with van der Waals surface area (Å²) in [5.41, 5.74) is 4.10. The van der Waals surface area contributed by atoms with Gasteiger partial charge in [0.1, 0.15) is 5.82 Å². The summed E-state index contributed by atoms with van der Waals surface area (Å²) in [5.74, 6) is -0.562. The summed E-state index contributed by atoms with van der Waals surface area (Å²) >= 11 is 3.65. The van der Waals surface area contributed by atoms with Crippen molar-refractivity contribution >= 4 is 27.5 Å². The second-order valence-corrected chi connectivity index (χ2v) is 6.96. The zero-order valence-corrected chi connectivity index (χ0v) is 15.8. The van der Waals surface area contributed by atoms with Gasteiger partial charge in [-0.05, 0) is 39.7 Å². The average Bonchev–Trinajstić information content (AvgIpc) is 2.97. The van der Waals surface area contributed by atoms with E-state index >= 15 is 0 Å². The Balaban J connectivity index is 1.90. The molecule has 0 atom stereocenters. The van der Waals surface area contributed by atoms with Gasteiger partial charge in [0.05, 0.1) is 16.7 Å². The molecule has 5 nitrogen and oxygen atoms in total. The zero-order valence-electron chi connectivity index (χ0n) is 14.2. The van der Waals surface area contributed by atoms with E-state index in [2.05, 4.69) is 31.1 Å². The number of carbonyl (C=O) groups excluding carboxylic acids is 1. The van der Waals surface area contributed by atoms with Crippen LogP contribution in [-0.2, 0) is 13.0 Å². The molecule has 7 heteroatoms. The molecule has 4 rings (SSSR count). The quantitative estimate of drug-likeness (QED) is 0.635. The Morgan fingerprint density at radius 2 is 2.19 bits per heavy atom. The minimum atomic E-state index is -0.436. The van der Waals surface area contributed by atoms with Gasteiger partial charge in [0, 0.05) is 48.7 Å². The van der Waals surface area contributed by atoms with Gasteiger partial charge in [0.15, 0.2) is 5.69 Å². The Morgan fingerprint density at radius 1 is 1.33 bits per heavy atom. The Kier molecular flexibility index (Phi) is 4.50. The minimum absolute atomic E-state index is 0.126. The molecular weight excluding hydrogens is 411 g/mol. The second kappa shape index (κ2) is 6.97. The molecule has 0 fully saturated rings. The Labute approximate surface area is 163 Å². The lowest BCUT2D eigenvalue weighted by atomic mass is 10.0. The van der Waals surface area contributed by atoms with E-state index in [1.54, 1.807) is 18.5 Å². The van der Waals surface area contributed by atoms with Crippen molar-refractivity contribution in [2.45, 2.75) is 13.0 Å². The SMILES string of the molecule is [C-]#[N+]c1cc(F)ccc1Cn1c(Br)c(-c2cccnc2)c2c1CCNC2=O. The van der Waals surface area contributed by atoms with E-state index in [-0.39, 0.29) is 11.6 Å². The van der Waals surface area contributed by atoms with E-state index in [0.717, 1.165) is 21.4 Å². The fourth-order valence-electron chi connectivity index (χ4n) is 3.41. The van der Waals surface area contributed by atoms with Crippen LogP contribution in [0.1, 0.15) is 21.6 Å². The zero-order chi connectivity index (χ0) is 19.0. The van der Waals surface area contributed by atoms with Gasteiger partial charge >= 0.3 is 0 Å². The molecule has 1 amide bonds. The van der Waals surface area contributed by atoms with Gasteiger partial charge in [-0.1, -0.05) is 12.1 Å². The highest BCUT2D eigenvalue weighted by Gasteiger charge is 2.29. The van der Waals surface area contributed by atoms with Crippen LogP contribution in [0.4, 0.5) is 10.1 Å². The molecule has 3 heterocycles. The predicted molar refractivity (Wildman–Crippen MR) is 103 cm³/mol. The number of hydrogen-bond donors (Lipinski definition) is 1. The molecule has 3 aromatic rings. The maximum absolute atomic E-state index is 13.5. The standard InChI is InChI=1S/C20H14BrFN4O/c1-23-15-9-14(22)5-4-13(15)11-26-16-6-8-25-20(27)18(16)17(19(26)21)12-3-2-7-24-10-12/h2-5,7,9-10H,6,8,11H2,(H,25,27). The number of nitrogens with zero attached hydrogens (tertiary/aromatic N) is 3. The number of hydrogen-bond acceptors (Lipinski definition) is 2. The molecule has 0 saturated carbocycles. The summed E-state index contributed by atoms with van der Waals surface area (Å²) in [6.45, 7) is 8.24. The largest absolute Gasteiger partial charge is 0.352 e. The van der Waals surface area contributed by atoms with Crippen LogP contribution in [0.15, 0.2) is 47.3 Å². The number of fused-ring (bicyclic) bond motifs is 1. The average molecular weight is 425 g/mol. The third kappa shape index (κ3) is 3.02.